The molecule has 6 nitrogen and oxygen atoms in total. The third-order valence-corrected chi connectivity index (χ3v) is 5.24. The molecule has 2 aromatic rings. The first-order valence-electron chi connectivity index (χ1n) is 10.7. The molecule has 3 rings (SSSR count). The molecule has 32 heavy (non-hydrogen) atoms. The van der Waals surface area contributed by atoms with Gasteiger partial charge in [0.2, 0.25) is 0 Å². The summed E-state index contributed by atoms with van der Waals surface area (Å²) >= 11 is 0. The molecule has 0 saturated carbocycles. The predicted octanol–water partition coefficient (Wildman–Crippen LogP) is 3.06. The highest BCUT2D eigenvalue weighted by atomic mass is 127. The minimum atomic E-state index is 0. The summed E-state index contributed by atoms with van der Waals surface area (Å²) in [5, 5.41) is 6.83. The molecular formula is C25H33IN4O2. The maximum Gasteiger partial charge on any atom is 0.191 e. The molecule has 1 heterocycles. The van der Waals surface area contributed by atoms with Crippen molar-refractivity contribution in [2.75, 3.05) is 46.5 Å². The van der Waals surface area contributed by atoms with Gasteiger partial charge >= 0.3 is 0 Å². The summed E-state index contributed by atoms with van der Waals surface area (Å²) < 4.78 is 10.9. The normalized spacial score (nSPS) is 14.2. The molecule has 1 fully saturated rings. The van der Waals surface area contributed by atoms with E-state index in [1.54, 1.807) is 7.05 Å². The zero-order valence-corrected chi connectivity index (χ0v) is 21.0. The predicted molar refractivity (Wildman–Crippen MR) is 141 cm³/mol. The summed E-state index contributed by atoms with van der Waals surface area (Å²) in [6.45, 7) is 6.38. The van der Waals surface area contributed by atoms with Crippen LogP contribution in [0.3, 0.4) is 0 Å². The van der Waals surface area contributed by atoms with Gasteiger partial charge in [0.05, 0.1) is 13.2 Å². The number of aliphatic imine (C=N–C) groups is 1. The Bertz CT molecular complexity index is 874. The highest BCUT2D eigenvalue weighted by Gasteiger charge is 2.12. The van der Waals surface area contributed by atoms with Gasteiger partial charge in [-0.25, -0.2) is 0 Å². The number of terminal acetylenes is 1. The lowest BCUT2D eigenvalue weighted by molar-refractivity contribution is 0.0341. The SMILES string of the molecule is C#CCOc1ccc(CCNC(=NC)NCc2ccccc2CN2CCOCC2)cc1.I. The molecule has 2 N–H and O–H groups in total. The van der Waals surface area contributed by atoms with Crippen LogP contribution in [0.2, 0.25) is 0 Å². The average molecular weight is 548 g/mol. The van der Waals surface area contributed by atoms with Gasteiger partial charge in [0.1, 0.15) is 12.4 Å². The second-order valence-electron chi connectivity index (χ2n) is 7.40. The highest BCUT2D eigenvalue weighted by molar-refractivity contribution is 14.0. The third-order valence-electron chi connectivity index (χ3n) is 5.24. The summed E-state index contributed by atoms with van der Waals surface area (Å²) in [7, 11) is 1.80. The zero-order valence-electron chi connectivity index (χ0n) is 18.7. The first-order chi connectivity index (χ1) is 15.3. The Morgan fingerprint density at radius 1 is 1.09 bits per heavy atom. The quantitative estimate of drug-likeness (QED) is 0.219. The minimum Gasteiger partial charge on any atom is -0.481 e. The Labute approximate surface area is 208 Å². The lowest BCUT2D eigenvalue weighted by atomic mass is 10.1. The fourth-order valence-electron chi connectivity index (χ4n) is 3.49. The molecule has 0 radical (unpaired) electrons. The van der Waals surface area contributed by atoms with E-state index in [-0.39, 0.29) is 24.0 Å². The number of nitrogens with one attached hydrogen (secondary N) is 2. The molecule has 0 spiro atoms. The number of morpholine rings is 1. The van der Waals surface area contributed by atoms with E-state index >= 15 is 0 Å². The molecule has 2 aromatic carbocycles. The van der Waals surface area contributed by atoms with E-state index in [1.165, 1.54) is 16.7 Å². The minimum absolute atomic E-state index is 0. The summed E-state index contributed by atoms with van der Waals surface area (Å²) in [5.74, 6) is 4.07. The molecule has 0 atom stereocenters. The van der Waals surface area contributed by atoms with Gasteiger partial charge < -0.3 is 20.1 Å². The largest absolute Gasteiger partial charge is 0.481 e. The lowest BCUT2D eigenvalue weighted by Gasteiger charge is -2.27. The molecule has 172 valence electrons. The number of guanidine groups is 1. The van der Waals surface area contributed by atoms with Crippen molar-refractivity contribution in [3.05, 3.63) is 65.2 Å². The zero-order chi connectivity index (χ0) is 21.7. The van der Waals surface area contributed by atoms with E-state index in [4.69, 9.17) is 15.9 Å². The Balaban J connectivity index is 0.00000363. The van der Waals surface area contributed by atoms with Gasteiger partial charge in [-0.15, -0.1) is 30.4 Å². The molecule has 1 saturated heterocycles. The molecule has 0 aliphatic carbocycles. The fourth-order valence-corrected chi connectivity index (χ4v) is 3.49. The van der Waals surface area contributed by atoms with Crippen LogP contribution in [-0.4, -0.2) is 57.4 Å². The Hall–Kier alpha value is -2.28. The van der Waals surface area contributed by atoms with Gasteiger partial charge in [-0.05, 0) is 35.2 Å². The van der Waals surface area contributed by atoms with Gasteiger partial charge in [0, 0.05) is 39.8 Å². The lowest BCUT2D eigenvalue weighted by Crippen LogP contribution is -2.38. The van der Waals surface area contributed by atoms with Crippen LogP contribution in [0, 0.1) is 12.3 Å². The van der Waals surface area contributed by atoms with Crippen LogP contribution in [0.4, 0.5) is 0 Å². The molecular weight excluding hydrogens is 515 g/mol. The number of ether oxygens (including phenoxy) is 2. The van der Waals surface area contributed by atoms with Gasteiger partial charge in [-0.3, -0.25) is 9.89 Å². The van der Waals surface area contributed by atoms with Crippen molar-refractivity contribution in [1.82, 2.24) is 15.5 Å². The molecule has 0 unspecified atom stereocenters. The summed E-state index contributed by atoms with van der Waals surface area (Å²) in [6.07, 6.45) is 6.11. The standard InChI is InChI=1S/C25H32N4O2.HI/c1-3-16-31-24-10-8-21(9-11-24)12-13-27-25(26-2)28-19-22-6-4-5-7-23(22)20-29-14-17-30-18-15-29;/h1,4-11H,12-20H2,2H3,(H2,26,27,28);1H. The van der Waals surface area contributed by atoms with Crippen LogP contribution in [0.1, 0.15) is 16.7 Å². The summed E-state index contributed by atoms with van der Waals surface area (Å²) in [4.78, 5) is 6.80. The number of nitrogens with zero attached hydrogens (tertiary/aromatic N) is 2. The summed E-state index contributed by atoms with van der Waals surface area (Å²) in [6, 6.07) is 16.6. The molecule has 7 heteroatoms. The number of halogens is 1. The van der Waals surface area contributed by atoms with Crippen LogP contribution in [-0.2, 0) is 24.2 Å². The van der Waals surface area contributed by atoms with Crippen LogP contribution < -0.4 is 15.4 Å². The Morgan fingerprint density at radius 2 is 1.81 bits per heavy atom. The van der Waals surface area contributed by atoms with Crippen molar-refractivity contribution in [3.63, 3.8) is 0 Å². The number of hydrogen-bond acceptors (Lipinski definition) is 4. The van der Waals surface area contributed by atoms with Crippen molar-refractivity contribution in [2.24, 2.45) is 4.99 Å². The van der Waals surface area contributed by atoms with Crippen LogP contribution in [0.5, 0.6) is 5.75 Å². The van der Waals surface area contributed by atoms with Crippen molar-refractivity contribution >= 4 is 29.9 Å². The van der Waals surface area contributed by atoms with E-state index in [1.807, 2.05) is 12.1 Å². The second-order valence-corrected chi connectivity index (χ2v) is 7.40. The van der Waals surface area contributed by atoms with Crippen LogP contribution in [0.15, 0.2) is 53.5 Å². The monoisotopic (exact) mass is 548 g/mol. The van der Waals surface area contributed by atoms with Gasteiger partial charge in [-0.2, -0.15) is 0 Å². The van der Waals surface area contributed by atoms with E-state index in [9.17, 15) is 0 Å². The van der Waals surface area contributed by atoms with Crippen molar-refractivity contribution < 1.29 is 9.47 Å². The molecule has 1 aliphatic rings. The van der Waals surface area contributed by atoms with Gasteiger partial charge in [0.15, 0.2) is 5.96 Å². The van der Waals surface area contributed by atoms with Crippen molar-refractivity contribution in [2.45, 2.75) is 19.5 Å². The molecule has 1 aliphatic heterocycles. The highest BCUT2D eigenvalue weighted by Crippen LogP contribution is 2.13. The van der Waals surface area contributed by atoms with Gasteiger partial charge in [-0.1, -0.05) is 42.3 Å². The van der Waals surface area contributed by atoms with Crippen LogP contribution >= 0.6 is 24.0 Å². The maximum absolute atomic E-state index is 5.46. The smallest absolute Gasteiger partial charge is 0.191 e. The number of rotatable bonds is 9. The van der Waals surface area contributed by atoms with Gasteiger partial charge in [0.25, 0.3) is 0 Å². The topological polar surface area (TPSA) is 58.1 Å². The second kappa shape index (κ2) is 14.7. The Kier molecular flexibility index (Phi) is 11.9. The Morgan fingerprint density at radius 3 is 2.50 bits per heavy atom. The van der Waals surface area contributed by atoms with E-state index in [2.05, 4.69) is 62.8 Å². The van der Waals surface area contributed by atoms with Crippen molar-refractivity contribution in [3.8, 4) is 18.1 Å². The fraction of sp³-hybridized carbons (Fsp3) is 0.400. The number of benzene rings is 2. The summed E-state index contributed by atoms with van der Waals surface area (Å²) in [5.41, 5.74) is 3.87. The number of hydrogen-bond donors (Lipinski definition) is 2. The van der Waals surface area contributed by atoms with E-state index in [0.29, 0.717) is 6.61 Å². The van der Waals surface area contributed by atoms with Crippen molar-refractivity contribution in [1.29, 1.82) is 0 Å². The first kappa shape index (κ1) is 26.0. The van der Waals surface area contributed by atoms with E-state index in [0.717, 1.165) is 64.1 Å². The molecule has 0 bridgehead atoms. The average Bonchev–Trinajstić information content (AvgIpc) is 2.82. The molecule has 0 aromatic heterocycles. The maximum atomic E-state index is 5.46. The third kappa shape index (κ3) is 8.69. The first-order valence-corrected chi connectivity index (χ1v) is 10.7. The molecule has 0 amide bonds. The van der Waals surface area contributed by atoms with Crippen LogP contribution in [0.25, 0.3) is 0 Å². The van der Waals surface area contributed by atoms with E-state index < -0.39 is 0 Å².